The van der Waals surface area contributed by atoms with Crippen LogP contribution in [-0.2, 0) is 17.9 Å². The van der Waals surface area contributed by atoms with Crippen molar-refractivity contribution in [3.63, 3.8) is 0 Å². The van der Waals surface area contributed by atoms with Crippen LogP contribution in [0.2, 0.25) is 5.15 Å². The molecule has 27 heavy (non-hydrogen) atoms. The highest BCUT2D eigenvalue weighted by Crippen LogP contribution is 2.25. The summed E-state index contributed by atoms with van der Waals surface area (Å²) in [5, 5.41) is 1.45. The Morgan fingerprint density at radius 2 is 1.85 bits per heavy atom. The van der Waals surface area contributed by atoms with Crippen molar-refractivity contribution in [3.8, 4) is 5.75 Å². The van der Waals surface area contributed by atoms with Crippen LogP contribution in [0.15, 0.2) is 48.5 Å². The summed E-state index contributed by atoms with van der Waals surface area (Å²) in [6, 6.07) is 15.8. The first-order valence-corrected chi connectivity index (χ1v) is 9.35. The molecule has 0 radical (unpaired) electrons. The number of amides is 1. The molecule has 3 rings (SSSR count). The highest BCUT2D eigenvalue weighted by molar-refractivity contribution is 6.30. The molecule has 2 aromatic carbocycles. The van der Waals surface area contributed by atoms with Gasteiger partial charge in [-0.1, -0.05) is 48.4 Å². The van der Waals surface area contributed by atoms with Crippen molar-refractivity contribution in [3.05, 3.63) is 70.4 Å². The monoisotopic (exact) mass is 382 g/mol. The van der Waals surface area contributed by atoms with Crippen molar-refractivity contribution in [2.75, 3.05) is 7.11 Å². The number of aryl methyl sites for hydroxylation is 1. The second-order valence-electron chi connectivity index (χ2n) is 6.55. The number of ether oxygens (including phenoxy) is 1. The Kier molecular flexibility index (Phi) is 5.97. The van der Waals surface area contributed by atoms with Crippen LogP contribution < -0.4 is 4.74 Å². The summed E-state index contributed by atoms with van der Waals surface area (Å²) in [5.74, 6) is 0.825. The van der Waals surface area contributed by atoms with E-state index in [4.69, 9.17) is 16.3 Å². The molecule has 0 bridgehead atoms. The van der Waals surface area contributed by atoms with E-state index in [1.165, 1.54) is 0 Å². The molecule has 1 heterocycles. The Balaban J connectivity index is 1.94. The Bertz CT molecular complexity index is 972. The topological polar surface area (TPSA) is 42.4 Å². The first-order chi connectivity index (χ1) is 13.0. The predicted molar refractivity (Wildman–Crippen MR) is 109 cm³/mol. The standard InChI is InChI=1S/C22H23ClN2O2/c1-4-21(26)25(13-16-7-5-6-8-20(16)27-3)14-18-12-17-11-15(2)9-10-19(17)24-22(18)23/h5-12H,4,13-14H2,1-3H3. The molecule has 0 aliphatic rings. The number of carbonyl (C=O) groups excluding carboxylic acids is 1. The number of halogens is 1. The Hall–Kier alpha value is -2.59. The maximum Gasteiger partial charge on any atom is 0.222 e. The maximum atomic E-state index is 12.6. The summed E-state index contributed by atoms with van der Waals surface area (Å²) >= 11 is 6.42. The third kappa shape index (κ3) is 4.40. The number of para-hydroxylation sites is 1. The molecule has 5 heteroatoms. The lowest BCUT2D eigenvalue weighted by atomic mass is 10.1. The largest absolute Gasteiger partial charge is 0.496 e. The van der Waals surface area contributed by atoms with Crippen LogP contribution in [0.25, 0.3) is 10.9 Å². The van der Waals surface area contributed by atoms with E-state index in [0.29, 0.717) is 24.7 Å². The van der Waals surface area contributed by atoms with Crippen molar-refractivity contribution in [2.45, 2.75) is 33.4 Å². The first kappa shape index (κ1) is 19.2. The molecule has 1 aromatic heterocycles. The average Bonchev–Trinajstić information content (AvgIpc) is 2.68. The number of benzene rings is 2. The van der Waals surface area contributed by atoms with Gasteiger partial charge in [0.1, 0.15) is 10.9 Å². The molecule has 3 aromatic rings. The number of carbonyl (C=O) groups is 1. The maximum absolute atomic E-state index is 12.6. The lowest BCUT2D eigenvalue weighted by Gasteiger charge is -2.24. The normalized spacial score (nSPS) is 10.8. The van der Waals surface area contributed by atoms with E-state index in [9.17, 15) is 4.79 Å². The fourth-order valence-corrected chi connectivity index (χ4v) is 3.33. The van der Waals surface area contributed by atoms with E-state index in [1.807, 2.05) is 56.3 Å². The molecule has 0 saturated carbocycles. The van der Waals surface area contributed by atoms with Gasteiger partial charge in [0.15, 0.2) is 0 Å². The molecule has 0 saturated heterocycles. The van der Waals surface area contributed by atoms with Crippen LogP contribution in [0.5, 0.6) is 5.75 Å². The number of fused-ring (bicyclic) bond motifs is 1. The summed E-state index contributed by atoms with van der Waals surface area (Å²) in [5.41, 5.74) is 3.81. The SMILES string of the molecule is CCC(=O)N(Cc1ccccc1OC)Cc1cc2cc(C)ccc2nc1Cl. The molecule has 0 unspecified atom stereocenters. The number of rotatable bonds is 6. The minimum atomic E-state index is 0.0568. The zero-order valence-corrected chi connectivity index (χ0v) is 16.6. The molecule has 0 spiro atoms. The van der Waals surface area contributed by atoms with Gasteiger partial charge in [0.2, 0.25) is 5.91 Å². The fraction of sp³-hybridized carbons (Fsp3) is 0.273. The molecule has 0 aliphatic carbocycles. The minimum Gasteiger partial charge on any atom is -0.496 e. The van der Waals surface area contributed by atoms with Crippen molar-refractivity contribution >= 4 is 28.4 Å². The first-order valence-electron chi connectivity index (χ1n) is 8.97. The number of nitrogens with zero attached hydrogens (tertiary/aromatic N) is 2. The summed E-state index contributed by atoms with van der Waals surface area (Å²) in [7, 11) is 1.64. The van der Waals surface area contributed by atoms with Gasteiger partial charge in [0, 0.05) is 36.0 Å². The molecule has 0 N–H and O–H groups in total. The van der Waals surface area contributed by atoms with Crippen LogP contribution in [0.1, 0.15) is 30.0 Å². The van der Waals surface area contributed by atoms with Gasteiger partial charge in [-0.2, -0.15) is 0 Å². The van der Waals surface area contributed by atoms with E-state index in [2.05, 4.69) is 11.1 Å². The number of pyridine rings is 1. The average molecular weight is 383 g/mol. The second-order valence-corrected chi connectivity index (χ2v) is 6.91. The van der Waals surface area contributed by atoms with Gasteiger partial charge >= 0.3 is 0 Å². The van der Waals surface area contributed by atoms with E-state index in [1.54, 1.807) is 12.0 Å². The molecule has 1 amide bonds. The quantitative estimate of drug-likeness (QED) is 0.554. The van der Waals surface area contributed by atoms with E-state index in [-0.39, 0.29) is 5.91 Å². The highest BCUT2D eigenvalue weighted by atomic mass is 35.5. The molecule has 4 nitrogen and oxygen atoms in total. The second kappa shape index (κ2) is 8.40. The lowest BCUT2D eigenvalue weighted by molar-refractivity contribution is -0.132. The third-order valence-electron chi connectivity index (χ3n) is 4.57. The summed E-state index contributed by atoms with van der Waals surface area (Å²) in [6.45, 7) is 4.77. The van der Waals surface area contributed by atoms with Gasteiger partial charge in [-0.05, 0) is 31.2 Å². The van der Waals surface area contributed by atoms with Crippen molar-refractivity contribution < 1.29 is 9.53 Å². The van der Waals surface area contributed by atoms with Gasteiger partial charge in [-0.15, -0.1) is 0 Å². The molecular formula is C22H23ClN2O2. The lowest BCUT2D eigenvalue weighted by Crippen LogP contribution is -2.29. The van der Waals surface area contributed by atoms with Crippen molar-refractivity contribution in [1.82, 2.24) is 9.88 Å². The fourth-order valence-electron chi connectivity index (χ4n) is 3.13. The Labute approximate surface area is 164 Å². The smallest absolute Gasteiger partial charge is 0.222 e. The van der Waals surface area contributed by atoms with Crippen LogP contribution in [-0.4, -0.2) is 22.9 Å². The number of methoxy groups -OCH3 is 1. The van der Waals surface area contributed by atoms with Gasteiger partial charge < -0.3 is 9.64 Å². The van der Waals surface area contributed by atoms with Crippen LogP contribution in [0.3, 0.4) is 0 Å². The van der Waals surface area contributed by atoms with E-state index >= 15 is 0 Å². The van der Waals surface area contributed by atoms with Crippen molar-refractivity contribution in [2.24, 2.45) is 0 Å². The molecular weight excluding hydrogens is 360 g/mol. The van der Waals surface area contributed by atoms with Gasteiger partial charge in [0.05, 0.1) is 12.6 Å². The van der Waals surface area contributed by atoms with Crippen LogP contribution >= 0.6 is 11.6 Å². The zero-order chi connectivity index (χ0) is 19.4. The van der Waals surface area contributed by atoms with E-state index < -0.39 is 0 Å². The van der Waals surface area contributed by atoms with Gasteiger partial charge in [-0.3, -0.25) is 4.79 Å². The predicted octanol–water partition coefficient (Wildman–Crippen LogP) is 5.14. The summed E-state index contributed by atoms with van der Waals surface area (Å²) in [4.78, 5) is 18.9. The van der Waals surface area contributed by atoms with E-state index in [0.717, 1.165) is 33.3 Å². The Morgan fingerprint density at radius 1 is 1.11 bits per heavy atom. The zero-order valence-electron chi connectivity index (χ0n) is 15.8. The highest BCUT2D eigenvalue weighted by Gasteiger charge is 2.17. The number of aromatic nitrogens is 1. The number of hydrogen-bond acceptors (Lipinski definition) is 3. The third-order valence-corrected chi connectivity index (χ3v) is 4.89. The molecule has 140 valence electrons. The Morgan fingerprint density at radius 3 is 2.59 bits per heavy atom. The summed E-state index contributed by atoms with van der Waals surface area (Å²) < 4.78 is 5.43. The van der Waals surface area contributed by atoms with Crippen molar-refractivity contribution in [1.29, 1.82) is 0 Å². The minimum absolute atomic E-state index is 0.0568. The van der Waals surface area contributed by atoms with Crippen LogP contribution in [0, 0.1) is 6.92 Å². The van der Waals surface area contributed by atoms with Gasteiger partial charge in [0.25, 0.3) is 0 Å². The molecule has 0 aliphatic heterocycles. The summed E-state index contributed by atoms with van der Waals surface area (Å²) in [6.07, 6.45) is 0.423. The van der Waals surface area contributed by atoms with Gasteiger partial charge in [-0.25, -0.2) is 4.98 Å². The molecule has 0 atom stereocenters. The van der Waals surface area contributed by atoms with Crippen LogP contribution in [0.4, 0.5) is 0 Å². The molecule has 0 fully saturated rings. The number of hydrogen-bond donors (Lipinski definition) is 0.